The average molecular weight is 435 g/mol. The third kappa shape index (κ3) is 3.73. The van der Waals surface area contributed by atoms with Crippen molar-refractivity contribution in [2.75, 3.05) is 26.2 Å². The van der Waals surface area contributed by atoms with Gasteiger partial charge < -0.3 is 14.7 Å². The number of aromatic nitrogens is 2. The maximum Gasteiger partial charge on any atom is 0.231 e. The van der Waals surface area contributed by atoms with Gasteiger partial charge in [-0.3, -0.25) is 4.79 Å². The molecule has 1 unspecified atom stereocenters. The molecule has 0 bridgehead atoms. The third-order valence-electron chi connectivity index (χ3n) is 7.07. The number of nitrogens with zero attached hydrogens (tertiary/aromatic N) is 3. The van der Waals surface area contributed by atoms with Crippen LogP contribution in [-0.4, -0.2) is 47.1 Å². The molecule has 1 N–H and O–H groups in total. The zero-order valence-electron chi connectivity index (χ0n) is 17.0. The molecule has 0 spiro atoms. The Hall–Kier alpha value is -1.99. The fraction of sp³-hybridized carbons (Fsp3) is 0.591. The Balaban J connectivity index is 0.00000218. The van der Waals surface area contributed by atoms with Crippen molar-refractivity contribution in [3.05, 3.63) is 36.0 Å². The number of hydrogen-bond acceptors (Lipinski definition) is 5. The number of likely N-dealkylation sites (tertiary alicyclic amines) is 1. The van der Waals surface area contributed by atoms with Gasteiger partial charge in [0.05, 0.1) is 11.3 Å². The van der Waals surface area contributed by atoms with E-state index in [-0.39, 0.29) is 29.6 Å². The monoisotopic (exact) mass is 434 g/mol. The van der Waals surface area contributed by atoms with Crippen LogP contribution in [0.3, 0.4) is 0 Å². The van der Waals surface area contributed by atoms with Crippen molar-refractivity contribution in [3.63, 3.8) is 0 Å². The lowest BCUT2D eigenvalue weighted by Crippen LogP contribution is -2.52. The van der Waals surface area contributed by atoms with E-state index in [4.69, 9.17) is 4.52 Å². The minimum absolute atomic E-state index is 0. The summed E-state index contributed by atoms with van der Waals surface area (Å²) in [5, 5.41) is 7.56. The predicted octanol–water partition coefficient (Wildman–Crippen LogP) is 3.78. The van der Waals surface area contributed by atoms with Crippen molar-refractivity contribution in [3.8, 4) is 11.4 Å². The molecule has 3 aliphatic rings. The summed E-state index contributed by atoms with van der Waals surface area (Å²) in [6.07, 6.45) is 6.41. The van der Waals surface area contributed by atoms with Gasteiger partial charge in [0.15, 0.2) is 0 Å². The Labute approximate surface area is 182 Å². The number of halogens is 2. The first kappa shape index (κ1) is 21.2. The van der Waals surface area contributed by atoms with Crippen LogP contribution in [0.25, 0.3) is 11.4 Å². The Kier molecular flexibility index (Phi) is 6.11. The van der Waals surface area contributed by atoms with Crippen LogP contribution in [0.15, 0.2) is 28.8 Å². The zero-order valence-corrected chi connectivity index (χ0v) is 17.8. The molecule has 1 saturated carbocycles. The minimum atomic E-state index is -0.291. The largest absolute Gasteiger partial charge is 0.341 e. The molecule has 162 valence electrons. The standard InChI is InChI=1S/C22H27FN4O2.ClH/c23-18-8-6-15(7-9-18)19-25-20(29-26-19)16-4-3-11-27(13-16)21(28)22-10-2-1-5-17(22)12-24-14-22;/h6-9,16-17,24H,1-5,10-14H2;1H/t16?,17-,22+;/m0./s1. The van der Waals surface area contributed by atoms with E-state index in [1.165, 1.54) is 18.6 Å². The van der Waals surface area contributed by atoms with Crippen LogP contribution in [0.1, 0.15) is 50.3 Å². The molecule has 8 heteroatoms. The molecular formula is C22H28ClFN4O2. The molecule has 2 aliphatic heterocycles. The number of amides is 1. The molecule has 2 saturated heterocycles. The van der Waals surface area contributed by atoms with Gasteiger partial charge in [0.1, 0.15) is 5.82 Å². The smallest absolute Gasteiger partial charge is 0.231 e. The van der Waals surface area contributed by atoms with E-state index < -0.39 is 0 Å². The number of rotatable bonds is 3. The summed E-state index contributed by atoms with van der Waals surface area (Å²) in [4.78, 5) is 20.2. The number of piperidine rings is 1. The van der Waals surface area contributed by atoms with E-state index in [0.29, 0.717) is 30.1 Å². The maximum atomic E-state index is 13.6. The third-order valence-corrected chi connectivity index (χ3v) is 7.07. The molecule has 3 atom stereocenters. The summed E-state index contributed by atoms with van der Waals surface area (Å²) in [6, 6.07) is 6.08. The highest BCUT2D eigenvalue weighted by Crippen LogP contribution is 2.45. The number of carbonyl (C=O) groups is 1. The highest BCUT2D eigenvalue weighted by molar-refractivity contribution is 5.85. The maximum absolute atomic E-state index is 13.6. The van der Waals surface area contributed by atoms with Crippen LogP contribution >= 0.6 is 12.4 Å². The molecule has 0 radical (unpaired) electrons. The molecule has 30 heavy (non-hydrogen) atoms. The highest BCUT2D eigenvalue weighted by atomic mass is 35.5. The van der Waals surface area contributed by atoms with Crippen LogP contribution in [0.5, 0.6) is 0 Å². The number of fused-ring (bicyclic) bond motifs is 1. The van der Waals surface area contributed by atoms with Crippen molar-refractivity contribution < 1.29 is 13.7 Å². The summed E-state index contributed by atoms with van der Waals surface area (Å²) >= 11 is 0. The van der Waals surface area contributed by atoms with Gasteiger partial charge in [-0.2, -0.15) is 4.98 Å². The molecule has 1 aliphatic carbocycles. The summed E-state index contributed by atoms with van der Waals surface area (Å²) in [5.41, 5.74) is 0.514. The minimum Gasteiger partial charge on any atom is -0.341 e. The molecule has 3 fully saturated rings. The van der Waals surface area contributed by atoms with Crippen LogP contribution in [0, 0.1) is 17.2 Å². The zero-order chi connectivity index (χ0) is 19.8. The predicted molar refractivity (Wildman–Crippen MR) is 113 cm³/mol. The molecule has 1 aromatic heterocycles. The summed E-state index contributed by atoms with van der Waals surface area (Å²) < 4.78 is 18.7. The van der Waals surface area contributed by atoms with Crippen LogP contribution in [0.4, 0.5) is 4.39 Å². The molecule has 1 aromatic carbocycles. The molecular weight excluding hydrogens is 407 g/mol. The van der Waals surface area contributed by atoms with Gasteiger partial charge in [0, 0.05) is 25.2 Å². The van der Waals surface area contributed by atoms with Crippen LogP contribution in [0.2, 0.25) is 0 Å². The van der Waals surface area contributed by atoms with Crippen LogP contribution in [-0.2, 0) is 4.79 Å². The second-order valence-corrected chi connectivity index (χ2v) is 8.78. The fourth-order valence-corrected chi connectivity index (χ4v) is 5.46. The lowest BCUT2D eigenvalue weighted by atomic mass is 9.67. The van der Waals surface area contributed by atoms with Gasteiger partial charge in [0.2, 0.25) is 17.6 Å². The Morgan fingerprint density at radius 2 is 2.03 bits per heavy atom. The molecule has 6 nitrogen and oxygen atoms in total. The number of hydrogen-bond donors (Lipinski definition) is 1. The molecule has 5 rings (SSSR count). The lowest BCUT2D eigenvalue weighted by Gasteiger charge is -2.42. The normalized spacial score (nSPS) is 28.6. The van der Waals surface area contributed by atoms with Crippen molar-refractivity contribution in [1.82, 2.24) is 20.4 Å². The quantitative estimate of drug-likeness (QED) is 0.795. The van der Waals surface area contributed by atoms with Crippen molar-refractivity contribution in [1.29, 1.82) is 0 Å². The van der Waals surface area contributed by atoms with E-state index in [1.807, 2.05) is 4.90 Å². The van der Waals surface area contributed by atoms with Gasteiger partial charge >= 0.3 is 0 Å². The van der Waals surface area contributed by atoms with Gasteiger partial charge in [-0.25, -0.2) is 4.39 Å². The van der Waals surface area contributed by atoms with Crippen molar-refractivity contribution >= 4 is 18.3 Å². The first-order valence-corrected chi connectivity index (χ1v) is 10.8. The topological polar surface area (TPSA) is 71.3 Å². The number of nitrogens with one attached hydrogen (secondary N) is 1. The SMILES string of the molecule is Cl.O=C(N1CCCC(c2nc(-c3ccc(F)cc3)no2)C1)[C@@]12CCCC[C@H]1CNC2. The van der Waals surface area contributed by atoms with Crippen LogP contribution < -0.4 is 5.32 Å². The Bertz CT molecular complexity index is 890. The number of benzene rings is 1. The first-order chi connectivity index (χ1) is 14.2. The highest BCUT2D eigenvalue weighted by Gasteiger charge is 2.51. The van der Waals surface area contributed by atoms with E-state index >= 15 is 0 Å². The first-order valence-electron chi connectivity index (χ1n) is 10.8. The molecule has 3 heterocycles. The van der Waals surface area contributed by atoms with E-state index in [1.54, 1.807) is 12.1 Å². The Morgan fingerprint density at radius 1 is 1.20 bits per heavy atom. The molecule has 2 aromatic rings. The summed E-state index contributed by atoms with van der Waals surface area (Å²) in [5.74, 6) is 1.59. The second-order valence-electron chi connectivity index (χ2n) is 8.78. The summed E-state index contributed by atoms with van der Waals surface area (Å²) in [7, 11) is 0. The van der Waals surface area contributed by atoms with Crippen molar-refractivity contribution in [2.24, 2.45) is 11.3 Å². The lowest BCUT2D eigenvalue weighted by molar-refractivity contribution is -0.146. The number of carbonyl (C=O) groups excluding carboxylic acids is 1. The summed E-state index contributed by atoms with van der Waals surface area (Å²) in [6.45, 7) is 3.22. The fourth-order valence-electron chi connectivity index (χ4n) is 5.46. The van der Waals surface area contributed by atoms with Crippen molar-refractivity contribution in [2.45, 2.75) is 44.4 Å². The van der Waals surface area contributed by atoms with Gasteiger partial charge in [-0.1, -0.05) is 18.0 Å². The van der Waals surface area contributed by atoms with E-state index in [2.05, 4.69) is 15.5 Å². The Morgan fingerprint density at radius 3 is 2.87 bits per heavy atom. The van der Waals surface area contributed by atoms with E-state index in [9.17, 15) is 9.18 Å². The molecule has 1 amide bonds. The van der Waals surface area contributed by atoms with Gasteiger partial charge in [0.25, 0.3) is 0 Å². The average Bonchev–Trinajstić information content (AvgIpc) is 3.42. The second kappa shape index (κ2) is 8.63. The van der Waals surface area contributed by atoms with Gasteiger partial charge in [-0.05, 0) is 62.4 Å². The van der Waals surface area contributed by atoms with Gasteiger partial charge in [-0.15, -0.1) is 12.4 Å². The van der Waals surface area contributed by atoms with E-state index in [0.717, 1.165) is 57.3 Å².